The van der Waals surface area contributed by atoms with Gasteiger partial charge in [-0.2, -0.15) is 5.26 Å². The molecule has 1 saturated heterocycles. The summed E-state index contributed by atoms with van der Waals surface area (Å²) in [5.41, 5.74) is -0.0841. The van der Waals surface area contributed by atoms with E-state index in [1.807, 2.05) is 0 Å². The molecule has 0 amide bonds. The van der Waals surface area contributed by atoms with Crippen LogP contribution in [-0.2, 0) is 0 Å². The van der Waals surface area contributed by atoms with Crippen LogP contribution in [0.4, 0.5) is 0 Å². The third kappa shape index (κ3) is 2.11. The van der Waals surface area contributed by atoms with E-state index < -0.39 is 0 Å². The van der Waals surface area contributed by atoms with Gasteiger partial charge in [-0.05, 0) is 50.6 Å². The Labute approximate surface area is 99.6 Å². The Bertz CT molecular complexity index is 263. The molecule has 1 heterocycles. The first-order valence-electron chi connectivity index (χ1n) is 6.84. The van der Waals surface area contributed by atoms with E-state index in [4.69, 9.17) is 0 Å². The van der Waals surface area contributed by atoms with Gasteiger partial charge in [0.25, 0.3) is 0 Å². The molecule has 0 spiro atoms. The van der Waals surface area contributed by atoms with Gasteiger partial charge in [-0.15, -0.1) is 0 Å². The molecule has 0 radical (unpaired) electrons. The summed E-state index contributed by atoms with van der Waals surface area (Å²) in [7, 11) is 0. The molecule has 0 bridgehead atoms. The average molecular weight is 220 g/mol. The Morgan fingerprint density at radius 2 is 1.69 bits per heavy atom. The summed E-state index contributed by atoms with van der Waals surface area (Å²) < 4.78 is 0. The topological polar surface area (TPSA) is 27.0 Å². The molecule has 90 valence electrons. The summed E-state index contributed by atoms with van der Waals surface area (Å²) in [5, 5.41) is 9.49. The number of likely N-dealkylation sites (tertiary alicyclic amines) is 1. The Morgan fingerprint density at radius 3 is 2.12 bits per heavy atom. The lowest BCUT2D eigenvalue weighted by Crippen LogP contribution is -2.57. The molecule has 0 atom stereocenters. The molecule has 2 rings (SSSR count). The van der Waals surface area contributed by atoms with E-state index in [0.29, 0.717) is 0 Å². The molecule has 2 nitrogen and oxygen atoms in total. The molecular weight excluding hydrogens is 196 g/mol. The third-order valence-electron chi connectivity index (χ3n) is 4.56. The molecule has 0 N–H and O–H groups in total. The number of rotatable bonds is 2. The zero-order valence-corrected chi connectivity index (χ0v) is 10.7. The summed E-state index contributed by atoms with van der Waals surface area (Å²) in [6.45, 7) is 6.87. The van der Waals surface area contributed by atoms with E-state index in [1.54, 1.807) is 0 Å². The zero-order chi connectivity index (χ0) is 11.6. The van der Waals surface area contributed by atoms with Crippen molar-refractivity contribution >= 4 is 0 Å². The fourth-order valence-corrected chi connectivity index (χ4v) is 3.20. The minimum atomic E-state index is -0.0841. The first kappa shape index (κ1) is 11.9. The highest BCUT2D eigenvalue weighted by Gasteiger charge is 2.49. The lowest BCUT2D eigenvalue weighted by Gasteiger charge is -2.51. The van der Waals surface area contributed by atoms with Crippen LogP contribution in [0.2, 0.25) is 0 Å². The fraction of sp³-hybridized carbons (Fsp3) is 0.929. The van der Waals surface area contributed by atoms with Gasteiger partial charge in [0.2, 0.25) is 0 Å². The molecule has 1 saturated carbocycles. The molecule has 2 fully saturated rings. The van der Waals surface area contributed by atoms with E-state index >= 15 is 0 Å². The van der Waals surface area contributed by atoms with E-state index in [0.717, 1.165) is 37.8 Å². The maximum Gasteiger partial charge on any atom is 0.109 e. The summed E-state index contributed by atoms with van der Waals surface area (Å²) >= 11 is 0. The van der Waals surface area contributed by atoms with Gasteiger partial charge in [-0.1, -0.05) is 26.7 Å². The molecule has 1 aliphatic carbocycles. The zero-order valence-electron chi connectivity index (χ0n) is 10.7. The van der Waals surface area contributed by atoms with Gasteiger partial charge in [-0.3, -0.25) is 4.90 Å². The lowest BCUT2D eigenvalue weighted by molar-refractivity contribution is 0.00274. The van der Waals surface area contributed by atoms with Crippen molar-refractivity contribution in [2.45, 2.75) is 57.9 Å². The third-order valence-corrected chi connectivity index (χ3v) is 4.56. The number of nitrogens with zero attached hydrogens (tertiary/aromatic N) is 2. The Kier molecular flexibility index (Phi) is 3.54. The maximum absolute atomic E-state index is 9.49. The van der Waals surface area contributed by atoms with E-state index in [9.17, 15) is 5.26 Å². The second-order valence-electron chi connectivity index (χ2n) is 5.96. The minimum absolute atomic E-state index is 0.0841. The van der Waals surface area contributed by atoms with Crippen LogP contribution in [0.5, 0.6) is 0 Å². The van der Waals surface area contributed by atoms with Crippen molar-refractivity contribution < 1.29 is 0 Å². The Morgan fingerprint density at radius 1 is 1.12 bits per heavy atom. The average Bonchev–Trinajstić information content (AvgIpc) is 2.45. The van der Waals surface area contributed by atoms with Crippen molar-refractivity contribution in [3.8, 4) is 6.07 Å². The van der Waals surface area contributed by atoms with Crippen LogP contribution in [0, 0.1) is 23.2 Å². The van der Waals surface area contributed by atoms with Crippen molar-refractivity contribution in [1.29, 1.82) is 5.26 Å². The largest absolute Gasteiger partial charge is 0.286 e. The fourth-order valence-electron chi connectivity index (χ4n) is 3.20. The molecule has 2 heteroatoms. The molecular formula is C14H24N2. The summed E-state index contributed by atoms with van der Waals surface area (Å²) in [5.74, 6) is 1.52. The summed E-state index contributed by atoms with van der Waals surface area (Å²) in [6.07, 6.45) is 7.51. The summed E-state index contributed by atoms with van der Waals surface area (Å²) in [4.78, 5) is 2.48. The van der Waals surface area contributed by atoms with Gasteiger partial charge in [0.05, 0.1) is 6.07 Å². The van der Waals surface area contributed by atoms with Gasteiger partial charge in [0.15, 0.2) is 0 Å². The first-order chi connectivity index (χ1) is 7.68. The molecule has 0 aromatic rings. The molecule has 0 aromatic carbocycles. The highest BCUT2D eigenvalue weighted by molar-refractivity contribution is 5.17. The maximum atomic E-state index is 9.49. The van der Waals surface area contributed by atoms with Gasteiger partial charge < -0.3 is 0 Å². The molecule has 0 aromatic heterocycles. The molecule has 1 aliphatic heterocycles. The molecule has 2 aliphatic rings. The predicted molar refractivity (Wildman–Crippen MR) is 65.9 cm³/mol. The monoisotopic (exact) mass is 220 g/mol. The van der Waals surface area contributed by atoms with Crippen molar-refractivity contribution in [1.82, 2.24) is 4.90 Å². The van der Waals surface area contributed by atoms with Crippen molar-refractivity contribution in [3.63, 3.8) is 0 Å². The van der Waals surface area contributed by atoms with E-state index in [1.165, 1.54) is 25.7 Å². The summed E-state index contributed by atoms with van der Waals surface area (Å²) in [6, 6.07) is 2.62. The van der Waals surface area contributed by atoms with Crippen molar-refractivity contribution in [2.75, 3.05) is 13.1 Å². The number of hydrogen-bond acceptors (Lipinski definition) is 2. The highest BCUT2D eigenvalue weighted by atomic mass is 15.2. The van der Waals surface area contributed by atoms with E-state index in [2.05, 4.69) is 24.8 Å². The number of hydrogen-bond donors (Lipinski definition) is 0. The molecule has 16 heavy (non-hydrogen) atoms. The lowest BCUT2D eigenvalue weighted by atomic mass is 9.64. The second-order valence-corrected chi connectivity index (χ2v) is 5.96. The van der Waals surface area contributed by atoms with Gasteiger partial charge >= 0.3 is 0 Å². The Hall–Kier alpha value is -0.550. The Balaban J connectivity index is 1.98. The van der Waals surface area contributed by atoms with Crippen LogP contribution in [0.25, 0.3) is 0 Å². The minimum Gasteiger partial charge on any atom is -0.286 e. The predicted octanol–water partition coefficient (Wildman–Crippen LogP) is 3.19. The standard InChI is InChI=1S/C14H24N2/c1-12(2)13-9-14(10-13,11-15)16-7-5-3-4-6-8-16/h12-13H,3-10H2,1-2H3. The smallest absolute Gasteiger partial charge is 0.109 e. The van der Waals surface area contributed by atoms with Crippen LogP contribution in [-0.4, -0.2) is 23.5 Å². The molecule has 0 unspecified atom stereocenters. The van der Waals surface area contributed by atoms with Crippen LogP contribution in [0.15, 0.2) is 0 Å². The van der Waals surface area contributed by atoms with Gasteiger partial charge in [0.1, 0.15) is 5.54 Å². The van der Waals surface area contributed by atoms with Crippen LogP contribution in [0.1, 0.15) is 52.4 Å². The number of nitriles is 1. The van der Waals surface area contributed by atoms with Crippen LogP contribution in [0.3, 0.4) is 0 Å². The normalized spacial score (nSPS) is 36.5. The quantitative estimate of drug-likeness (QED) is 0.714. The van der Waals surface area contributed by atoms with Crippen molar-refractivity contribution in [2.24, 2.45) is 11.8 Å². The van der Waals surface area contributed by atoms with Gasteiger partial charge in [-0.25, -0.2) is 0 Å². The first-order valence-corrected chi connectivity index (χ1v) is 6.84. The SMILES string of the molecule is CC(C)C1CC(C#N)(N2CCCCCC2)C1. The van der Waals surface area contributed by atoms with Crippen LogP contribution >= 0.6 is 0 Å². The second kappa shape index (κ2) is 4.75. The van der Waals surface area contributed by atoms with Crippen molar-refractivity contribution in [3.05, 3.63) is 0 Å². The highest BCUT2D eigenvalue weighted by Crippen LogP contribution is 2.46. The van der Waals surface area contributed by atoms with Gasteiger partial charge in [0, 0.05) is 0 Å². The van der Waals surface area contributed by atoms with E-state index in [-0.39, 0.29) is 5.54 Å². The van der Waals surface area contributed by atoms with Crippen LogP contribution < -0.4 is 0 Å².